The van der Waals surface area contributed by atoms with Gasteiger partial charge in [0.1, 0.15) is 5.75 Å². The molecule has 1 saturated carbocycles. The Morgan fingerprint density at radius 1 is 1.31 bits per heavy atom. The number of aryl methyl sites for hydroxylation is 1. The molecule has 1 aliphatic carbocycles. The maximum Gasteiger partial charge on any atom is 0.141 e. The van der Waals surface area contributed by atoms with E-state index < -0.39 is 0 Å². The number of nitrogens with zero attached hydrogens (tertiary/aromatic N) is 1. The third-order valence-corrected chi connectivity index (χ3v) is 2.85. The minimum Gasteiger partial charge on any atom is -0.489 e. The first-order valence-corrected chi connectivity index (χ1v) is 6.17. The second-order valence-electron chi connectivity index (χ2n) is 5.56. The highest BCUT2D eigenvalue weighted by molar-refractivity contribution is 5.32. The van der Waals surface area contributed by atoms with Crippen LogP contribution in [0, 0.1) is 0 Å². The van der Waals surface area contributed by atoms with Gasteiger partial charge in [0.05, 0.1) is 11.8 Å². The molecule has 88 valence electrons. The largest absolute Gasteiger partial charge is 0.489 e. The van der Waals surface area contributed by atoms with E-state index in [9.17, 15) is 0 Å². The van der Waals surface area contributed by atoms with E-state index in [0.717, 1.165) is 23.6 Å². The first-order chi connectivity index (χ1) is 7.50. The Kier molecular flexibility index (Phi) is 2.92. The molecule has 1 aliphatic rings. The van der Waals surface area contributed by atoms with Crippen molar-refractivity contribution in [2.24, 2.45) is 0 Å². The van der Waals surface area contributed by atoms with Gasteiger partial charge in [-0.2, -0.15) is 0 Å². The lowest BCUT2D eigenvalue weighted by Gasteiger charge is -2.19. The Balaban J connectivity index is 2.26. The normalized spacial score (nSPS) is 16.2. The summed E-state index contributed by atoms with van der Waals surface area (Å²) in [4.78, 5) is 4.72. The fraction of sp³-hybridized carbons (Fsp3) is 0.643. The predicted octanol–water partition coefficient (Wildman–Crippen LogP) is 3.48. The molecular formula is C14H21NO. The summed E-state index contributed by atoms with van der Waals surface area (Å²) in [7, 11) is 0. The van der Waals surface area contributed by atoms with Gasteiger partial charge in [-0.15, -0.1) is 0 Å². The van der Waals surface area contributed by atoms with Crippen molar-refractivity contribution in [2.75, 3.05) is 0 Å². The summed E-state index contributed by atoms with van der Waals surface area (Å²) in [6.45, 7) is 8.71. The molecule has 0 aliphatic heterocycles. The van der Waals surface area contributed by atoms with E-state index in [2.05, 4.69) is 39.8 Å². The van der Waals surface area contributed by atoms with Crippen molar-refractivity contribution in [3.05, 3.63) is 23.5 Å². The maximum absolute atomic E-state index is 5.85. The lowest BCUT2D eigenvalue weighted by Crippen LogP contribution is -2.15. The number of hydrogen-bond donors (Lipinski definition) is 0. The number of ether oxygens (including phenoxy) is 1. The van der Waals surface area contributed by atoms with E-state index >= 15 is 0 Å². The van der Waals surface area contributed by atoms with E-state index in [1.165, 1.54) is 12.8 Å². The minimum atomic E-state index is 0.113. The van der Waals surface area contributed by atoms with E-state index in [1.54, 1.807) is 0 Å². The Morgan fingerprint density at radius 2 is 2.00 bits per heavy atom. The number of hydrogen-bond acceptors (Lipinski definition) is 2. The number of rotatable bonds is 3. The summed E-state index contributed by atoms with van der Waals surface area (Å²) < 4.78 is 5.85. The van der Waals surface area contributed by atoms with Crippen LogP contribution >= 0.6 is 0 Å². The zero-order chi connectivity index (χ0) is 11.8. The van der Waals surface area contributed by atoms with Gasteiger partial charge >= 0.3 is 0 Å². The highest BCUT2D eigenvalue weighted by Gasteiger charge is 2.25. The smallest absolute Gasteiger partial charge is 0.141 e. The zero-order valence-electron chi connectivity index (χ0n) is 10.7. The van der Waals surface area contributed by atoms with Crippen LogP contribution < -0.4 is 4.74 Å². The predicted molar refractivity (Wildman–Crippen MR) is 66.0 cm³/mol. The van der Waals surface area contributed by atoms with Crippen LogP contribution in [0.4, 0.5) is 0 Å². The molecule has 16 heavy (non-hydrogen) atoms. The van der Waals surface area contributed by atoms with Crippen molar-refractivity contribution in [3.63, 3.8) is 0 Å². The molecule has 1 aromatic heterocycles. The van der Waals surface area contributed by atoms with Gasteiger partial charge in [0.25, 0.3) is 0 Å². The molecule has 0 unspecified atom stereocenters. The van der Waals surface area contributed by atoms with Crippen LogP contribution in [0.1, 0.15) is 51.9 Å². The maximum atomic E-state index is 5.85. The van der Waals surface area contributed by atoms with Crippen molar-refractivity contribution in [2.45, 2.75) is 58.5 Å². The van der Waals surface area contributed by atoms with Crippen LogP contribution in [-0.2, 0) is 11.8 Å². The van der Waals surface area contributed by atoms with Crippen LogP contribution in [0.15, 0.2) is 12.1 Å². The Morgan fingerprint density at radius 3 is 2.50 bits per heavy atom. The van der Waals surface area contributed by atoms with Crippen LogP contribution in [0.2, 0.25) is 0 Å². The second-order valence-corrected chi connectivity index (χ2v) is 5.56. The van der Waals surface area contributed by atoms with Crippen LogP contribution in [0.5, 0.6) is 5.75 Å². The molecule has 0 saturated heterocycles. The Labute approximate surface area is 98.0 Å². The van der Waals surface area contributed by atoms with Crippen molar-refractivity contribution < 1.29 is 4.74 Å². The zero-order valence-corrected chi connectivity index (χ0v) is 10.7. The van der Waals surface area contributed by atoms with Gasteiger partial charge in [-0.3, -0.25) is 4.98 Å². The van der Waals surface area contributed by atoms with Gasteiger partial charge in [-0.25, -0.2) is 0 Å². The summed E-state index contributed by atoms with van der Waals surface area (Å²) in [5.41, 5.74) is 2.36. The molecule has 1 aromatic rings. The fourth-order valence-electron chi connectivity index (χ4n) is 1.63. The van der Waals surface area contributed by atoms with Gasteiger partial charge in [0.15, 0.2) is 0 Å². The van der Waals surface area contributed by atoms with E-state index in [-0.39, 0.29) is 5.41 Å². The molecule has 0 spiro atoms. The summed E-state index contributed by atoms with van der Waals surface area (Å²) in [6, 6.07) is 4.18. The molecule has 2 nitrogen and oxygen atoms in total. The molecule has 2 rings (SSSR count). The van der Waals surface area contributed by atoms with Gasteiger partial charge in [-0.05, 0) is 31.4 Å². The summed E-state index contributed by atoms with van der Waals surface area (Å²) in [5.74, 6) is 0.984. The Hall–Kier alpha value is -1.05. The molecular weight excluding hydrogens is 198 g/mol. The van der Waals surface area contributed by atoms with Crippen molar-refractivity contribution in [1.82, 2.24) is 4.98 Å². The van der Waals surface area contributed by atoms with Gasteiger partial charge < -0.3 is 4.74 Å². The molecule has 1 heterocycles. The van der Waals surface area contributed by atoms with Gasteiger partial charge in [0, 0.05) is 11.1 Å². The first-order valence-electron chi connectivity index (χ1n) is 6.17. The van der Waals surface area contributed by atoms with Gasteiger partial charge in [-0.1, -0.05) is 27.7 Å². The van der Waals surface area contributed by atoms with Crippen molar-refractivity contribution in [3.8, 4) is 5.75 Å². The highest BCUT2D eigenvalue weighted by atomic mass is 16.5. The number of pyridine rings is 1. The second kappa shape index (κ2) is 4.08. The molecule has 0 radical (unpaired) electrons. The molecule has 0 atom stereocenters. The van der Waals surface area contributed by atoms with E-state index in [1.807, 2.05) is 0 Å². The molecule has 0 bridgehead atoms. The first kappa shape index (κ1) is 11.4. The SMILES string of the molecule is CCc1nc(C(C)(C)C)ccc1OC1CC1. The molecule has 0 amide bonds. The average molecular weight is 219 g/mol. The highest BCUT2D eigenvalue weighted by Crippen LogP contribution is 2.30. The Bertz CT molecular complexity index is 375. The topological polar surface area (TPSA) is 22.1 Å². The monoisotopic (exact) mass is 219 g/mol. The van der Waals surface area contributed by atoms with Crippen LogP contribution in [0.25, 0.3) is 0 Å². The molecule has 2 heteroatoms. The van der Waals surface area contributed by atoms with E-state index in [0.29, 0.717) is 6.10 Å². The summed E-state index contributed by atoms with van der Waals surface area (Å²) >= 11 is 0. The summed E-state index contributed by atoms with van der Waals surface area (Å²) in [6.07, 6.45) is 3.79. The quantitative estimate of drug-likeness (QED) is 0.776. The fourth-order valence-corrected chi connectivity index (χ4v) is 1.63. The third kappa shape index (κ3) is 2.55. The molecule has 1 fully saturated rings. The molecule has 0 aromatic carbocycles. The number of aromatic nitrogens is 1. The standard InChI is InChI=1S/C14H21NO/c1-5-11-12(16-10-6-7-10)8-9-13(15-11)14(2,3)4/h8-10H,5-7H2,1-4H3. The van der Waals surface area contributed by atoms with E-state index in [4.69, 9.17) is 9.72 Å². The average Bonchev–Trinajstić information content (AvgIpc) is 3.00. The lowest BCUT2D eigenvalue weighted by atomic mass is 9.91. The van der Waals surface area contributed by atoms with Gasteiger partial charge in [0.2, 0.25) is 0 Å². The van der Waals surface area contributed by atoms with Crippen LogP contribution in [0.3, 0.4) is 0 Å². The van der Waals surface area contributed by atoms with Crippen molar-refractivity contribution >= 4 is 0 Å². The third-order valence-electron chi connectivity index (χ3n) is 2.85. The lowest BCUT2D eigenvalue weighted by molar-refractivity contribution is 0.298. The molecule has 0 N–H and O–H groups in total. The summed E-state index contributed by atoms with van der Waals surface area (Å²) in [5, 5.41) is 0. The van der Waals surface area contributed by atoms with Crippen LogP contribution in [-0.4, -0.2) is 11.1 Å². The minimum absolute atomic E-state index is 0.113. The van der Waals surface area contributed by atoms with Crippen molar-refractivity contribution in [1.29, 1.82) is 0 Å².